The first-order chi connectivity index (χ1) is 8.09. The van der Waals surface area contributed by atoms with Crippen LogP contribution in [0.3, 0.4) is 0 Å². The first kappa shape index (κ1) is 15.2. The van der Waals surface area contributed by atoms with Gasteiger partial charge < -0.3 is 0 Å². The van der Waals surface area contributed by atoms with E-state index in [4.69, 9.17) is 0 Å². The number of anilines is 1. The normalized spacial score (nSPS) is 12.5. The Morgan fingerprint density at radius 3 is 2.39 bits per heavy atom. The molecule has 0 amide bonds. The highest BCUT2D eigenvalue weighted by molar-refractivity contribution is 9.10. The number of benzene rings is 1. The van der Waals surface area contributed by atoms with E-state index in [2.05, 4.69) is 15.9 Å². The van der Waals surface area contributed by atoms with Crippen molar-refractivity contribution >= 4 is 31.8 Å². The molecule has 0 bridgehead atoms. The van der Waals surface area contributed by atoms with Crippen LogP contribution in [-0.2, 0) is 10.2 Å². The third-order valence-electron chi connectivity index (χ3n) is 1.64. The van der Waals surface area contributed by atoms with Gasteiger partial charge in [-0.25, -0.2) is 4.39 Å². The summed E-state index contributed by atoms with van der Waals surface area (Å²) in [5.74, 6) is -0.618. The van der Waals surface area contributed by atoms with Crippen molar-refractivity contribution < 1.29 is 26.0 Å². The fourth-order valence-electron chi connectivity index (χ4n) is 0.930. The van der Waals surface area contributed by atoms with Crippen LogP contribution in [0.2, 0.25) is 0 Å². The van der Waals surface area contributed by atoms with Crippen molar-refractivity contribution in [3.05, 3.63) is 28.5 Å². The van der Waals surface area contributed by atoms with Gasteiger partial charge in [0.1, 0.15) is 12.4 Å². The Balaban J connectivity index is 2.77. The van der Waals surface area contributed by atoms with Gasteiger partial charge in [-0.3, -0.25) is 4.72 Å². The van der Waals surface area contributed by atoms with Crippen LogP contribution >= 0.6 is 15.9 Å². The van der Waals surface area contributed by atoms with Crippen molar-refractivity contribution in [2.24, 2.45) is 0 Å². The summed E-state index contributed by atoms with van der Waals surface area (Å²) >= 11 is 2.87. The minimum Gasteiger partial charge on any atom is -0.270 e. The fourth-order valence-corrected chi connectivity index (χ4v) is 2.40. The predicted molar refractivity (Wildman–Crippen MR) is 60.7 cm³/mol. The molecule has 0 unspecified atom stereocenters. The van der Waals surface area contributed by atoms with Gasteiger partial charge in [-0.1, -0.05) is 0 Å². The van der Waals surface area contributed by atoms with Crippen LogP contribution in [0, 0.1) is 5.82 Å². The molecule has 0 aliphatic heterocycles. The Kier molecular flexibility index (Phi) is 4.56. The van der Waals surface area contributed by atoms with E-state index in [1.54, 1.807) is 0 Å². The van der Waals surface area contributed by atoms with Crippen LogP contribution in [0.15, 0.2) is 22.7 Å². The van der Waals surface area contributed by atoms with Crippen molar-refractivity contribution in [2.45, 2.75) is 6.18 Å². The molecule has 0 atom stereocenters. The molecular weight excluding hydrogens is 344 g/mol. The summed E-state index contributed by atoms with van der Waals surface area (Å²) in [6.45, 7) is -1.69. The van der Waals surface area contributed by atoms with E-state index in [1.165, 1.54) is 4.72 Å². The lowest BCUT2D eigenvalue weighted by molar-refractivity contribution is -0.121. The summed E-state index contributed by atoms with van der Waals surface area (Å²) < 4.78 is 74.0. The Morgan fingerprint density at radius 2 is 1.89 bits per heavy atom. The fraction of sp³-hybridized carbons (Fsp3) is 0.250. The standard InChI is InChI=1S/C8H7BrF4N2O2S/c9-6-3-5(10)1-2-7(6)15-18(16,17)14-4-8(11,12)13/h1-3,14-15H,4H2. The van der Waals surface area contributed by atoms with E-state index in [0.717, 1.165) is 18.2 Å². The third-order valence-corrected chi connectivity index (χ3v) is 3.31. The molecule has 0 aromatic heterocycles. The minimum absolute atomic E-state index is 0.0693. The SMILES string of the molecule is O=S(=O)(NCC(F)(F)F)Nc1ccc(F)cc1Br. The molecular formula is C8H7BrF4N2O2S. The number of hydrogen-bond donors (Lipinski definition) is 2. The van der Waals surface area contributed by atoms with Gasteiger partial charge in [-0.2, -0.15) is 26.3 Å². The molecule has 1 aromatic carbocycles. The summed E-state index contributed by atoms with van der Waals surface area (Å²) in [7, 11) is -4.38. The highest BCUT2D eigenvalue weighted by Crippen LogP contribution is 2.23. The monoisotopic (exact) mass is 350 g/mol. The lowest BCUT2D eigenvalue weighted by Crippen LogP contribution is -2.37. The van der Waals surface area contributed by atoms with Crippen LogP contribution in [0.4, 0.5) is 23.2 Å². The van der Waals surface area contributed by atoms with Gasteiger partial charge in [0.2, 0.25) is 0 Å². The van der Waals surface area contributed by atoms with Crippen molar-refractivity contribution in [2.75, 3.05) is 11.3 Å². The Morgan fingerprint density at radius 1 is 1.28 bits per heavy atom. The molecule has 102 valence electrons. The first-order valence-corrected chi connectivity index (χ1v) is 6.66. The zero-order valence-corrected chi connectivity index (χ0v) is 11.0. The second kappa shape index (κ2) is 5.41. The van der Waals surface area contributed by atoms with Crippen LogP contribution < -0.4 is 9.44 Å². The molecule has 0 saturated heterocycles. The van der Waals surface area contributed by atoms with Crippen LogP contribution in [0.5, 0.6) is 0 Å². The quantitative estimate of drug-likeness (QED) is 0.819. The maximum Gasteiger partial charge on any atom is 0.402 e. The summed E-state index contributed by atoms with van der Waals surface area (Å²) in [5, 5.41) is 0. The average molecular weight is 351 g/mol. The Bertz CT molecular complexity index is 532. The smallest absolute Gasteiger partial charge is 0.270 e. The van der Waals surface area contributed by atoms with Gasteiger partial charge in [-0.05, 0) is 34.1 Å². The van der Waals surface area contributed by atoms with E-state index >= 15 is 0 Å². The highest BCUT2D eigenvalue weighted by Gasteiger charge is 2.29. The zero-order chi connectivity index (χ0) is 14.0. The minimum atomic E-state index is -4.66. The molecule has 0 radical (unpaired) electrons. The highest BCUT2D eigenvalue weighted by atomic mass is 79.9. The molecule has 0 heterocycles. The summed E-state index contributed by atoms with van der Waals surface area (Å²) in [6.07, 6.45) is -4.66. The number of hydrogen-bond acceptors (Lipinski definition) is 2. The first-order valence-electron chi connectivity index (χ1n) is 4.38. The summed E-state index contributed by atoms with van der Waals surface area (Å²) in [6, 6.07) is 3.01. The molecule has 0 aliphatic carbocycles. The lowest BCUT2D eigenvalue weighted by Gasteiger charge is -2.12. The van der Waals surface area contributed by atoms with Crippen molar-refractivity contribution in [3.63, 3.8) is 0 Å². The van der Waals surface area contributed by atoms with Gasteiger partial charge in [0, 0.05) is 4.47 Å². The molecule has 1 aromatic rings. The molecule has 4 nitrogen and oxygen atoms in total. The molecule has 10 heteroatoms. The average Bonchev–Trinajstić information content (AvgIpc) is 2.19. The summed E-state index contributed by atoms with van der Waals surface area (Å²) in [5.41, 5.74) is -0.0777. The third kappa shape index (κ3) is 5.19. The van der Waals surface area contributed by atoms with E-state index in [9.17, 15) is 26.0 Å². The van der Waals surface area contributed by atoms with Gasteiger partial charge in [0.05, 0.1) is 5.69 Å². The maximum atomic E-state index is 12.7. The largest absolute Gasteiger partial charge is 0.402 e. The number of alkyl halides is 3. The van der Waals surface area contributed by atoms with Gasteiger partial charge in [0.15, 0.2) is 0 Å². The lowest BCUT2D eigenvalue weighted by atomic mass is 10.3. The Hall–Kier alpha value is -0.870. The molecule has 18 heavy (non-hydrogen) atoms. The molecule has 2 N–H and O–H groups in total. The molecule has 0 fully saturated rings. The van der Waals surface area contributed by atoms with Crippen molar-refractivity contribution in [3.8, 4) is 0 Å². The van der Waals surface area contributed by atoms with E-state index in [1.807, 2.05) is 4.72 Å². The van der Waals surface area contributed by atoms with Gasteiger partial charge in [0.25, 0.3) is 10.2 Å². The number of halogens is 5. The summed E-state index contributed by atoms with van der Waals surface area (Å²) in [4.78, 5) is 0. The molecule has 0 aliphatic rings. The molecule has 0 saturated carbocycles. The number of nitrogens with one attached hydrogen (secondary N) is 2. The molecule has 0 spiro atoms. The van der Waals surface area contributed by atoms with Crippen molar-refractivity contribution in [1.29, 1.82) is 0 Å². The van der Waals surface area contributed by atoms with Crippen LogP contribution in [0.1, 0.15) is 0 Å². The predicted octanol–water partition coefficient (Wildman–Crippen LogP) is 2.40. The maximum absolute atomic E-state index is 12.7. The second-order valence-electron chi connectivity index (χ2n) is 3.17. The molecule has 1 rings (SSSR count). The van der Waals surface area contributed by atoms with Crippen LogP contribution in [0.25, 0.3) is 0 Å². The van der Waals surface area contributed by atoms with E-state index in [-0.39, 0.29) is 10.2 Å². The zero-order valence-electron chi connectivity index (χ0n) is 8.55. The topological polar surface area (TPSA) is 58.2 Å². The van der Waals surface area contributed by atoms with Gasteiger partial charge >= 0.3 is 6.18 Å². The van der Waals surface area contributed by atoms with Crippen LogP contribution in [-0.4, -0.2) is 21.1 Å². The van der Waals surface area contributed by atoms with E-state index < -0.39 is 28.7 Å². The van der Waals surface area contributed by atoms with E-state index in [0.29, 0.717) is 0 Å². The Labute approximate surface area is 109 Å². The second-order valence-corrected chi connectivity index (χ2v) is 5.52. The van der Waals surface area contributed by atoms with Crippen molar-refractivity contribution in [1.82, 2.24) is 4.72 Å². The number of rotatable bonds is 4. The van der Waals surface area contributed by atoms with Gasteiger partial charge in [-0.15, -0.1) is 0 Å².